The van der Waals surface area contributed by atoms with Crippen LogP contribution in [0.3, 0.4) is 0 Å². The lowest BCUT2D eigenvalue weighted by molar-refractivity contribution is 0.101. The Labute approximate surface area is 136 Å². The number of methoxy groups -OCH3 is 1. The Morgan fingerprint density at radius 1 is 1.12 bits per heavy atom. The summed E-state index contributed by atoms with van der Waals surface area (Å²) in [6, 6.07) is 6.74. The van der Waals surface area contributed by atoms with Crippen molar-refractivity contribution < 1.29 is 22.7 Å². The molecule has 0 bridgehead atoms. The Kier molecular flexibility index (Phi) is 4.05. The molecule has 124 valence electrons. The van der Waals surface area contributed by atoms with E-state index in [0.29, 0.717) is 22.2 Å². The maximum atomic E-state index is 13.9. The molecule has 3 aromatic rings. The Morgan fingerprint density at radius 3 is 2.50 bits per heavy atom. The fourth-order valence-corrected chi connectivity index (χ4v) is 2.77. The predicted octanol–water partition coefficient (Wildman–Crippen LogP) is 4.32. The smallest absolute Gasteiger partial charge is 0.166 e. The molecule has 0 radical (unpaired) electrons. The summed E-state index contributed by atoms with van der Waals surface area (Å²) in [5, 5.41) is 0.560. The summed E-state index contributed by atoms with van der Waals surface area (Å²) >= 11 is 0. The monoisotopic (exact) mass is 333 g/mol. The van der Waals surface area contributed by atoms with Gasteiger partial charge in [-0.2, -0.15) is 0 Å². The Hall–Kier alpha value is -2.76. The van der Waals surface area contributed by atoms with Crippen molar-refractivity contribution in [3.05, 3.63) is 65.1 Å². The van der Waals surface area contributed by atoms with E-state index in [1.807, 2.05) is 0 Å². The fraction of sp³-hybridized carbons (Fsp3) is 0.167. The zero-order valence-electron chi connectivity index (χ0n) is 13.1. The quantitative estimate of drug-likeness (QED) is 0.526. The largest absolute Gasteiger partial charge is 0.496 e. The SMILES string of the molecule is COc1cccc2c1c(C(C)=O)cn2Cc1c(F)ccc(F)c1F. The first-order valence-corrected chi connectivity index (χ1v) is 7.23. The van der Waals surface area contributed by atoms with Gasteiger partial charge >= 0.3 is 0 Å². The molecule has 1 heterocycles. The first-order chi connectivity index (χ1) is 11.4. The second kappa shape index (κ2) is 6.03. The van der Waals surface area contributed by atoms with Crippen LogP contribution in [0, 0.1) is 17.5 Å². The summed E-state index contributed by atoms with van der Waals surface area (Å²) in [5.74, 6) is -2.92. The van der Waals surface area contributed by atoms with Gasteiger partial charge in [-0.25, -0.2) is 13.2 Å². The molecular weight excluding hydrogens is 319 g/mol. The number of ketones is 1. The van der Waals surface area contributed by atoms with Crippen LogP contribution in [0.1, 0.15) is 22.8 Å². The number of hydrogen-bond donors (Lipinski definition) is 0. The zero-order valence-corrected chi connectivity index (χ0v) is 13.1. The molecule has 3 nitrogen and oxygen atoms in total. The third-order valence-corrected chi connectivity index (χ3v) is 3.93. The Balaban J connectivity index is 2.22. The number of carbonyl (C=O) groups excluding carboxylic acids is 1. The van der Waals surface area contributed by atoms with Gasteiger partial charge in [-0.1, -0.05) is 6.07 Å². The topological polar surface area (TPSA) is 31.2 Å². The van der Waals surface area contributed by atoms with Crippen LogP contribution in [-0.4, -0.2) is 17.5 Å². The molecule has 1 aromatic heterocycles. The van der Waals surface area contributed by atoms with Crippen LogP contribution in [-0.2, 0) is 6.54 Å². The first kappa shape index (κ1) is 16.1. The van der Waals surface area contributed by atoms with E-state index in [0.717, 1.165) is 12.1 Å². The molecular formula is C18H14F3NO2. The molecule has 2 aromatic carbocycles. The van der Waals surface area contributed by atoms with Crippen molar-refractivity contribution >= 4 is 16.7 Å². The number of aromatic nitrogens is 1. The second-order valence-corrected chi connectivity index (χ2v) is 5.40. The van der Waals surface area contributed by atoms with Crippen LogP contribution < -0.4 is 4.74 Å². The maximum absolute atomic E-state index is 13.9. The van der Waals surface area contributed by atoms with Gasteiger partial charge < -0.3 is 9.30 Å². The van der Waals surface area contributed by atoms with Gasteiger partial charge in [0.05, 0.1) is 24.6 Å². The third kappa shape index (κ3) is 2.54. The van der Waals surface area contributed by atoms with E-state index in [4.69, 9.17) is 4.74 Å². The maximum Gasteiger partial charge on any atom is 0.166 e. The lowest BCUT2D eigenvalue weighted by atomic mass is 10.1. The van der Waals surface area contributed by atoms with Crippen LogP contribution in [0.2, 0.25) is 0 Å². The van der Waals surface area contributed by atoms with Gasteiger partial charge in [0.2, 0.25) is 0 Å². The highest BCUT2D eigenvalue weighted by molar-refractivity contribution is 6.09. The Morgan fingerprint density at radius 2 is 1.83 bits per heavy atom. The molecule has 0 aliphatic heterocycles. The van der Waals surface area contributed by atoms with Gasteiger partial charge in [-0.3, -0.25) is 4.79 Å². The lowest BCUT2D eigenvalue weighted by Crippen LogP contribution is -2.05. The highest BCUT2D eigenvalue weighted by atomic mass is 19.2. The summed E-state index contributed by atoms with van der Waals surface area (Å²) in [6.07, 6.45) is 1.50. The van der Waals surface area contributed by atoms with Crippen molar-refractivity contribution in [1.29, 1.82) is 0 Å². The van der Waals surface area contributed by atoms with Gasteiger partial charge in [0.1, 0.15) is 11.6 Å². The minimum absolute atomic E-state index is 0.205. The van der Waals surface area contributed by atoms with Gasteiger partial charge in [0.25, 0.3) is 0 Å². The minimum Gasteiger partial charge on any atom is -0.496 e. The van der Waals surface area contributed by atoms with E-state index in [1.54, 1.807) is 18.2 Å². The van der Waals surface area contributed by atoms with Gasteiger partial charge in [-0.15, -0.1) is 0 Å². The first-order valence-electron chi connectivity index (χ1n) is 7.23. The van der Waals surface area contributed by atoms with Gasteiger partial charge in [-0.05, 0) is 31.2 Å². The third-order valence-electron chi connectivity index (χ3n) is 3.93. The van der Waals surface area contributed by atoms with E-state index in [9.17, 15) is 18.0 Å². The molecule has 0 spiro atoms. The van der Waals surface area contributed by atoms with Gasteiger partial charge in [0, 0.05) is 17.3 Å². The number of Topliss-reactive ketones (excluding diaryl/α,β-unsaturated/α-hetero) is 1. The number of benzene rings is 2. The van der Waals surface area contributed by atoms with Gasteiger partial charge in [0.15, 0.2) is 17.4 Å². The molecule has 0 aliphatic carbocycles. The summed E-state index contributed by atoms with van der Waals surface area (Å²) in [4.78, 5) is 11.9. The molecule has 3 rings (SSSR count). The molecule has 0 saturated carbocycles. The summed E-state index contributed by atoms with van der Waals surface area (Å²) in [5.41, 5.74) is 0.548. The highest BCUT2D eigenvalue weighted by Crippen LogP contribution is 2.32. The number of ether oxygens (including phenoxy) is 1. The molecule has 6 heteroatoms. The molecule has 0 fully saturated rings. The van der Waals surface area contributed by atoms with Crippen molar-refractivity contribution in [2.24, 2.45) is 0 Å². The molecule has 0 unspecified atom stereocenters. The number of nitrogens with zero attached hydrogens (tertiary/aromatic N) is 1. The van der Waals surface area contributed by atoms with Crippen molar-refractivity contribution in [3.8, 4) is 5.75 Å². The minimum atomic E-state index is -1.23. The van der Waals surface area contributed by atoms with E-state index >= 15 is 0 Å². The standard InChI is InChI=1S/C18H14F3NO2/c1-10(23)11-8-22(15-4-3-5-16(24-2)17(11)15)9-12-13(19)6-7-14(20)18(12)21/h3-8H,9H2,1-2H3. The number of carbonyl (C=O) groups is 1. The Bertz CT molecular complexity index is 947. The molecule has 0 N–H and O–H groups in total. The fourth-order valence-electron chi connectivity index (χ4n) is 2.77. The summed E-state index contributed by atoms with van der Waals surface area (Å²) in [6.45, 7) is 1.15. The summed E-state index contributed by atoms with van der Waals surface area (Å²) < 4.78 is 48.0. The second-order valence-electron chi connectivity index (χ2n) is 5.40. The molecule has 0 saturated heterocycles. The van der Waals surface area contributed by atoms with Crippen molar-refractivity contribution in [3.63, 3.8) is 0 Å². The highest BCUT2D eigenvalue weighted by Gasteiger charge is 2.19. The molecule has 0 aliphatic rings. The van der Waals surface area contributed by atoms with Crippen LogP contribution in [0.4, 0.5) is 13.2 Å². The van der Waals surface area contributed by atoms with Crippen molar-refractivity contribution in [1.82, 2.24) is 4.57 Å². The van der Waals surface area contributed by atoms with Crippen LogP contribution in [0.25, 0.3) is 10.9 Å². The lowest BCUT2D eigenvalue weighted by Gasteiger charge is -2.09. The molecule has 0 atom stereocenters. The van der Waals surface area contributed by atoms with Crippen molar-refractivity contribution in [2.45, 2.75) is 13.5 Å². The van der Waals surface area contributed by atoms with E-state index in [1.165, 1.54) is 24.8 Å². The number of fused-ring (bicyclic) bond motifs is 1. The predicted molar refractivity (Wildman–Crippen MR) is 83.9 cm³/mol. The summed E-state index contributed by atoms with van der Waals surface area (Å²) in [7, 11) is 1.47. The van der Waals surface area contributed by atoms with E-state index < -0.39 is 23.0 Å². The zero-order chi connectivity index (χ0) is 17.4. The normalized spacial score (nSPS) is 11.0. The van der Waals surface area contributed by atoms with Crippen LogP contribution in [0.15, 0.2) is 36.5 Å². The number of halogens is 3. The number of hydrogen-bond acceptors (Lipinski definition) is 2. The average molecular weight is 333 g/mol. The van der Waals surface area contributed by atoms with E-state index in [2.05, 4.69) is 0 Å². The van der Waals surface area contributed by atoms with E-state index in [-0.39, 0.29) is 12.3 Å². The average Bonchev–Trinajstić information content (AvgIpc) is 2.94. The molecule has 0 amide bonds. The number of rotatable bonds is 4. The molecule has 24 heavy (non-hydrogen) atoms. The van der Waals surface area contributed by atoms with Crippen LogP contribution in [0.5, 0.6) is 5.75 Å². The van der Waals surface area contributed by atoms with Crippen molar-refractivity contribution in [2.75, 3.05) is 7.11 Å². The van der Waals surface area contributed by atoms with Crippen LogP contribution >= 0.6 is 0 Å².